The van der Waals surface area contributed by atoms with Gasteiger partial charge in [0.05, 0.1) is 25.7 Å². The highest BCUT2D eigenvalue weighted by Gasteiger charge is 2.13. The van der Waals surface area contributed by atoms with E-state index in [2.05, 4.69) is 10.3 Å². The number of carbonyl (C=O) groups is 1. The van der Waals surface area contributed by atoms with Crippen LogP contribution in [0.25, 0.3) is 11.3 Å². The van der Waals surface area contributed by atoms with Crippen molar-refractivity contribution < 1.29 is 18.7 Å². The fraction of sp³-hybridized carbons (Fsp3) is 0.158. The fourth-order valence-electron chi connectivity index (χ4n) is 2.33. The highest BCUT2D eigenvalue weighted by Crippen LogP contribution is 2.34. The van der Waals surface area contributed by atoms with Gasteiger partial charge in [-0.05, 0) is 24.3 Å². The Labute approximate surface area is 164 Å². The summed E-state index contributed by atoms with van der Waals surface area (Å²) in [5.41, 5.74) is 1.49. The molecule has 27 heavy (non-hydrogen) atoms. The van der Waals surface area contributed by atoms with Crippen LogP contribution in [0.15, 0.2) is 52.7 Å². The largest absolute Gasteiger partial charge is 0.497 e. The van der Waals surface area contributed by atoms with E-state index in [1.807, 2.05) is 17.5 Å². The Morgan fingerprint density at radius 2 is 2.04 bits per heavy atom. The summed E-state index contributed by atoms with van der Waals surface area (Å²) in [5, 5.41) is 5.05. The summed E-state index contributed by atoms with van der Waals surface area (Å²) in [6.45, 7) is 0. The quantitative estimate of drug-likeness (QED) is 0.579. The molecule has 0 saturated carbocycles. The lowest BCUT2D eigenvalue weighted by atomic mass is 10.1. The summed E-state index contributed by atoms with van der Waals surface area (Å²) in [6.07, 6.45) is 0. The van der Waals surface area contributed by atoms with E-state index in [0.29, 0.717) is 27.2 Å². The first-order valence-electron chi connectivity index (χ1n) is 7.96. The van der Waals surface area contributed by atoms with Gasteiger partial charge in [0.1, 0.15) is 17.3 Å². The van der Waals surface area contributed by atoms with Gasteiger partial charge in [-0.3, -0.25) is 4.79 Å². The van der Waals surface area contributed by atoms with Crippen molar-refractivity contribution in [2.45, 2.75) is 4.90 Å². The number of methoxy groups -OCH3 is 2. The van der Waals surface area contributed by atoms with Gasteiger partial charge in [-0.15, -0.1) is 23.1 Å². The van der Waals surface area contributed by atoms with E-state index < -0.39 is 0 Å². The maximum atomic E-state index is 13.6. The van der Waals surface area contributed by atoms with E-state index in [9.17, 15) is 9.18 Å². The van der Waals surface area contributed by atoms with Gasteiger partial charge in [0.15, 0.2) is 5.13 Å². The van der Waals surface area contributed by atoms with Crippen LogP contribution in [0.2, 0.25) is 0 Å². The summed E-state index contributed by atoms with van der Waals surface area (Å²) in [7, 11) is 3.16. The SMILES string of the molecule is COc1ccc(-c2csc(NC(=O)CSc3ccccc3F)n2)c(OC)c1. The number of anilines is 1. The number of hydrogen-bond acceptors (Lipinski definition) is 6. The maximum Gasteiger partial charge on any atom is 0.236 e. The second-order valence-corrected chi connectivity index (χ2v) is 7.25. The van der Waals surface area contributed by atoms with E-state index in [1.165, 1.54) is 17.4 Å². The van der Waals surface area contributed by atoms with Crippen molar-refractivity contribution >= 4 is 34.1 Å². The summed E-state index contributed by atoms with van der Waals surface area (Å²) < 4.78 is 24.2. The molecule has 0 spiro atoms. The first kappa shape index (κ1) is 19.2. The molecule has 1 amide bonds. The van der Waals surface area contributed by atoms with Gasteiger partial charge in [-0.2, -0.15) is 0 Å². The molecule has 1 aromatic heterocycles. The average molecular weight is 404 g/mol. The first-order chi connectivity index (χ1) is 13.1. The predicted octanol–water partition coefficient (Wildman–Crippen LogP) is 4.70. The Hall–Kier alpha value is -2.58. The number of benzene rings is 2. The van der Waals surface area contributed by atoms with Crippen LogP contribution in [-0.2, 0) is 4.79 Å². The highest BCUT2D eigenvalue weighted by molar-refractivity contribution is 8.00. The van der Waals surface area contributed by atoms with Crippen LogP contribution in [-0.4, -0.2) is 30.9 Å². The van der Waals surface area contributed by atoms with E-state index in [0.717, 1.165) is 17.3 Å². The van der Waals surface area contributed by atoms with Crippen molar-refractivity contribution in [3.8, 4) is 22.8 Å². The number of amides is 1. The topological polar surface area (TPSA) is 60.5 Å². The normalized spacial score (nSPS) is 10.5. The lowest BCUT2D eigenvalue weighted by Crippen LogP contribution is -2.13. The molecule has 3 rings (SSSR count). The Bertz CT molecular complexity index is 946. The summed E-state index contributed by atoms with van der Waals surface area (Å²) in [5.74, 6) is 0.836. The third-order valence-corrected chi connectivity index (χ3v) is 5.44. The molecule has 140 valence electrons. The Morgan fingerprint density at radius 3 is 2.78 bits per heavy atom. The van der Waals surface area contributed by atoms with E-state index >= 15 is 0 Å². The van der Waals surface area contributed by atoms with Gasteiger partial charge in [0.25, 0.3) is 0 Å². The number of nitrogens with one attached hydrogen (secondary N) is 1. The highest BCUT2D eigenvalue weighted by atomic mass is 32.2. The van der Waals surface area contributed by atoms with Crippen molar-refractivity contribution in [1.29, 1.82) is 0 Å². The molecule has 3 aromatic rings. The van der Waals surface area contributed by atoms with Crippen molar-refractivity contribution in [1.82, 2.24) is 4.98 Å². The molecule has 2 aromatic carbocycles. The smallest absolute Gasteiger partial charge is 0.236 e. The lowest BCUT2D eigenvalue weighted by Gasteiger charge is -2.08. The summed E-state index contributed by atoms with van der Waals surface area (Å²) in [6, 6.07) is 11.8. The zero-order valence-electron chi connectivity index (χ0n) is 14.7. The predicted molar refractivity (Wildman–Crippen MR) is 106 cm³/mol. The van der Waals surface area contributed by atoms with Gasteiger partial charge in [0.2, 0.25) is 5.91 Å². The molecule has 0 unspecified atom stereocenters. The van der Waals surface area contributed by atoms with Crippen LogP contribution in [0.3, 0.4) is 0 Å². The molecule has 0 saturated heterocycles. The number of thiazole rings is 1. The van der Waals surface area contributed by atoms with Gasteiger partial charge in [0, 0.05) is 21.9 Å². The third kappa shape index (κ3) is 4.78. The van der Waals surface area contributed by atoms with Crippen LogP contribution in [0.4, 0.5) is 9.52 Å². The number of thioether (sulfide) groups is 1. The van der Waals surface area contributed by atoms with Gasteiger partial charge >= 0.3 is 0 Å². The summed E-state index contributed by atoms with van der Waals surface area (Å²) >= 11 is 2.46. The van der Waals surface area contributed by atoms with Crippen LogP contribution >= 0.6 is 23.1 Å². The third-order valence-electron chi connectivity index (χ3n) is 3.63. The van der Waals surface area contributed by atoms with Crippen molar-refractivity contribution in [2.24, 2.45) is 0 Å². The number of aromatic nitrogens is 1. The lowest BCUT2D eigenvalue weighted by molar-refractivity contribution is -0.113. The molecule has 0 aliphatic rings. The molecule has 1 N–H and O–H groups in total. The van der Waals surface area contributed by atoms with E-state index in [4.69, 9.17) is 9.47 Å². The zero-order chi connectivity index (χ0) is 19.2. The molecular weight excluding hydrogens is 387 g/mol. The first-order valence-corrected chi connectivity index (χ1v) is 9.82. The molecule has 0 bridgehead atoms. The van der Waals surface area contributed by atoms with Crippen LogP contribution in [0.1, 0.15) is 0 Å². The standard InChI is InChI=1S/C19H17FN2O3S2/c1-24-12-7-8-13(16(9-12)25-2)15-10-27-19(21-15)22-18(23)11-26-17-6-4-3-5-14(17)20/h3-10H,11H2,1-2H3,(H,21,22,23). The fourth-order valence-corrected chi connectivity index (χ4v) is 3.79. The molecule has 0 aliphatic carbocycles. The van der Waals surface area contributed by atoms with Crippen LogP contribution < -0.4 is 14.8 Å². The average Bonchev–Trinajstić information content (AvgIpc) is 3.15. The van der Waals surface area contributed by atoms with Crippen molar-refractivity contribution in [3.05, 3.63) is 53.7 Å². The minimum Gasteiger partial charge on any atom is -0.497 e. The minimum absolute atomic E-state index is 0.0989. The second kappa shape index (κ2) is 8.88. The minimum atomic E-state index is -0.335. The Kier molecular flexibility index (Phi) is 6.31. The molecular formula is C19H17FN2O3S2. The number of halogens is 1. The molecule has 1 heterocycles. The van der Waals surface area contributed by atoms with Gasteiger partial charge in [-0.25, -0.2) is 9.37 Å². The Morgan fingerprint density at radius 1 is 1.22 bits per heavy atom. The molecule has 0 aliphatic heterocycles. The maximum absolute atomic E-state index is 13.6. The van der Waals surface area contributed by atoms with Crippen LogP contribution in [0.5, 0.6) is 11.5 Å². The molecule has 5 nitrogen and oxygen atoms in total. The van der Waals surface area contributed by atoms with Gasteiger partial charge < -0.3 is 14.8 Å². The number of ether oxygens (including phenoxy) is 2. The Balaban J connectivity index is 1.66. The summed E-state index contributed by atoms with van der Waals surface area (Å²) in [4.78, 5) is 17.0. The van der Waals surface area contributed by atoms with Crippen molar-refractivity contribution in [3.63, 3.8) is 0 Å². The molecule has 0 atom stereocenters. The molecule has 0 radical (unpaired) electrons. The molecule has 0 fully saturated rings. The number of rotatable bonds is 7. The molecule has 8 heteroatoms. The van der Waals surface area contributed by atoms with E-state index in [1.54, 1.807) is 38.5 Å². The number of hydrogen-bond donors (Lipinski definition) is 1. The van der Waals surface area contributed by atoms with Crippen molar-refractivity contribution in [2.75, 3.05) is 25.3 Å². The van der Waals surface area contributed by atoms with E-state index in [-0.39, 0.29) is 17.5 Å². The zero-order valence-corrected chi connectivity index (χ0v) is 16.3. The van der Waals surface area contributed by atoms with Crippen LogP contribution in [0, 0.1) is 5.82 Å². The second-order valence-electron chi connectivity index (χ2n) is 5.37. The number of carbonyl (C=O) groups excluding carboxylic acids is 1. The monoisotopic (exact) mass is 404 g/mol. The van der Waals surface area contributed by atoms with Gasteiger partial charge in [-0.1, -0.05) is 12.1 Å². The number of nitrogens with zero attached hydrogens (tertiary/aromatic N) is 1.